The lowest BCUT2D eigenvalue weighted by molar-refractivity contribution is 0.0213. The zero-order valence-electron chi connectivity index (χ0n) is 11.7. The van der Waals surface area contributed by atoms with Gasteiger partial charge in [-0.25, -0.2) is 4.79 Å². The maximum atomic E-state index is 11.9. The predicted octanol–water partition coefficient (Wildman–Crippen LogP) is 1.71. The molecule has 5 heteroatoms. The molecule has 0 radical (unpaired) electrons. The monoisotopic (exact) mass is 267 g/mol. The molecular weight excluding hydrogens is 246 g/mol. The summed E-state index contributed by atoms with van der Waals surface area (Å²) in [5, 5.41) is 0. The van der Waals surface area contributed by atoms with Crippen molar-refractivity contribution in [2.75, 3.05) is 39.3 Å². The van der Waals surface area contributed by atoms with Gasteiger partial charge in [0.2, 0.25) is 0 Å². The normalized spacial score (nSPS) is 10.5. The lowest BCUT2D eigenvalue weighted by Crippen LogP contribution is -2.14. The number of benzene rings is 1. The number of anilines is 1. The Hall–Kier alpha value is -1.59. The second kappa shape index (κ2) is 7.76. The summed E-state index contributed by atoms with van der Waals surface area (Å²) >= 11 is 0. The summed E-state index contributed by atoms with van der Waals surface area (Å²) in [6.45, 7) is 5.38. The average Bonchev–Trinajstić information content (AvgIpc) is 2.37. The van der Waals surface area contributed by atoms with Crippen molar-refractivity contribution < 1.29 is 19.0 Å². The smallest absolute Gasteiger partial charge is 0.338 e. The van der Waals surface area contributed by atoms with Gasteiger partial charge in [-0.05, 0) is 37.1 Å². The summed E-state index contributed by atoms with van der Waals surface area (Å²) in [6.07, 6.45) is 0. The molecule has 1 aromatic carbocycles. The summed E-state index contributed by atoms with van der Waals surface area (Å²) in [7, 11) is 1.61. The number of aryl methyl sites for hydroxylation is 1. The van der Waals surface area contributed by atoms with Gasteiger partial charge in [0.1, 0.15) is 6.61 Å². The van der Waals surface area contributed by atoms with E-state index in [4.69, 9.17) is 19.9 Å². The summed E-state index contributed by atoms with van der Waals surface area (Å²) in [5.41, 5.74) is 8.66. The Labute approximate surface area is 113 Å². The summed E-state index contributed by atoms with van der Waals surface area (Å²) in [5.74, 6) is -0.372. The van der Waals surface area contributed by atoms with E-state index in [9.17, 15) is 4.79 Å². The topological polar surface area (TPSA) is 70.8 Å². The van der Waals surface area contributed by atoms with Crippen molar-refractivity contribution in [2.24, 2.45) is 0 Å². The first-order valence-electron chi connectivity index (χ1n) is 6.16. The molecule has 0 unspecified atom stereocenters. The van der Waals surface area contributed by atoms with Crippen LogP contribution in [-0.4, -0.2) is 39.5 Å². The maximum Gasteiger partial charge on any atom is 0.338 e. The van der Waals surface area contributed by atoms with Gasteiger partial charge in [-0.1, -0.05) is 0 Å². The molecule has 0 aromatic heterocycles. The third kappa shape index (κ3) is 4.89. The molecule has 0 fully saturated rings. The first-order valence-corrected chi connectivity index (χ1v) is 6.16. The Morgan fingerprint density at radius 1 is 1.16 bits per heavy atom. The van der Waals surface area contributed by atoms with Gasteiger partial charge in [0.25, 0.3) is 0 Å². The second-order valence-electron chi connectivity index (χ2n) is 4.25. The number of methoxy groups -OCH3 is 1. The third-order valence-electron chi connectivity index (χ3n) is 2.80. The van der Waals surface area contributed by atoms with Crippen LogP contribution in [0.15, 0.2) is 12.1 Å². The van der Waals surface area contributed by atoms with Gasteiger partial charge in [0, 0.05) is 12.8 Å². The molecule has 0 atom stereocenters. The first kappa shape index (κ1) is 15.5. The van der Waals surface area contributed by atoms with Crippen LogP contribution in [0, 0.1) is 13.8 Å². The SMILES string of the molecule is COCCOCCOC(=O)c1cc(N)cc(C)c1C. The van der Waals surface area contributed by atoms with E-state index in [-0.39, 0.29) is 12.6 Å². The number of hydrogen-bond donors (Lipinski definition) is 1. The summed E-state index contributed by atoms with van der Waals surface area (Å²) < 4.78 is 15.2. The van der Waals surface area contributed by atoms with Crippen LogP contribution in [0.4, 0.5) is 5.69 Å². The molecule has 0 aliphatic carbocycles. The van der Waals surface area contributed by atoms with Crippen molar-refractivity contribution >= 4 is 11.7 Å². The van der Waals surface area contributed by atoms with E-state index >= 15 is 0 Å². The van der Waals surface area contributed by atoms with E-state index in [0.717, 1.165) is 11.1 Å². The number of nitrogen functional groups attached to an aromatic ring is 1. The van der Waals surface area contributed by atoms with Crippen LogP contribution in [0.5, 0.6) is 0 Å². The summed E-state index contributed by atoms with van der Waals surface area (Å²) in [6, 6.07) is 3.47. The molecule has 0 saturated heterocycles. The van der Waals surface area contributed by atoms with Crippen LogP contribution >= 0.6 is 0 Å². The lowest BCUT2D eigenvalue weighted by atomic mass is 10.0. The van der Waals surface area contributed by atoms with Crippen LogP contribution in [0.2, 0.25) is 0 Å². The third-order valence-corrected chi connectivity index (χ3v) is 2.80. The number of carbonyl (C=O) groups excluding carboxylic acids is 1. The number of hydrogen-bond acceptors (Lipinski definition) is 5. The zero-order valence-corrected chi connectivity index (χ0v) is 11.7. The van der Waals surface area contributed by atoms with E-state index in [1.807, 2.05) is 19.9 Å². The summed E-state index contributed by atoms with van der Waals surface area (Å²) in [4.78, 5) is 11.9. The molecule has 0 amide bonds. The van der Waals surface area contributed by atoms with E-state index in [0.29, 0.717) is 31.1 Å². The number of esters is 1. The fourth-order valence-electron chi connectivity index (χ4n) is 1.61. The molecule has 1 aromatic rings. The molecule has 2 N–H and O–H groups in total. The van der Waals surface area contributed by atoms with Crippen molar-refractivity contribution in [1.82, 2.24) is 0 Å². The first-order chi connectivity index (χ1) is 9.06. The minimum absolute atomic E-state index is 0.218. The van der Waals surface area contributed by atoms with Gasteiger partial charge in [-0.15, -0.1) is 0 Å². The standard InChI is InChI=1S/C14H21NO4/c1-10-8-12(15)9-13(11(10)2)14(16)19-7-6-18-5-4-17-3/h8-9H,4-7,15H2,1-3H3. The van der Waals surface area contributed by atoms with E-state index in [1.54, 1.807) is 13.2 Å². The molecular formula is C14H21NO4. The largest absolute Gasteiger partial charge is 0.460 e. The zero-order chi connectivity index (χ0) is 14.3. The lowest BCUT2D eigenvalue weighted by Gasteiger charge is -2.10. The average molecular weight is 267 g/mol. The van der Waals surface area contributed by atoms with Gasteiger partial charge >= 0.3 is 5.97 Å². The number of nitrogens with two attached hydrogens (primary N) is 1. The Morgan fingerprint density at radius 3 is 2.53 bits per heavy atom. The molecule has 0 aliphatic rings. The molecule has 0 saturated carbocycles. The number of ether oxygens (including phenoxy) is 3. The second-order valence-corrected chi connectivity index (χ2v) is 4.25. The van der Waals surface area contributed by atoms with Crippen LogP contribution in [0.25, 0.3) is 0 Å². The minimum atomic E-state index is -0.372. The Bertz CT molecular complexity index is 432. The molecule has 0 bridgehead atoms. The molecule has 0 aliphatic heterocycles. The fourth-order valence-corrected chi connectivity index (χ4v) is 1.61. The highest BCUT2D eigenvalue weighted by Crippen LogP contribution is 2.18. The molecule has 19 heavy (non-hydrogen) atoms. The number of rotatable bonds is 7. The Balaban J connectivity index is 2.46. The molecule has 1 rings (SSSR count). The van der Waals surface area contributed by atoms with Crippen molar-refractivity contribution in [3.63, 3.8) is 0 Å². The minimum Gasteiger partial charge on any atom is -0.460 e. The van der Waals surface area contributed by atoms with Gasteiger partial charge < -0.3 is 19.9 Å². The molecule has 5 nitrogen and oxygen atoms in total. The van der Waals surface area contributed by atoms with Crippen LogP contribution in [0.3, 0.4) is 0 Å². The maximum absolute atomic E-state index is 11.9. The van der Waals surface area contributed by atoms with Gasteiger partial charge in [0.15, 0.2) is 0 Å². The highest BCUT2D eigenvalue weighted by Gasteiger charge is 2.12. The predicted molar refractivity (Wildman–Crippen MR) is 73.3 cm³/mol. The fraction of sp³-hybridized carbons (Fsp3) is 0.500. The van der Waals surface area contributed by atoms with Crippen molar-refractivity contribution in [3.05, 3.63) is 28.8 Å². The highest BCUT2D eigenvalue weighted by atomic mass is 16.6. The van der Waals surface area contributed by atoms with Gasteiger partial charge in [-0.3, -0.25) is 0 Å². The van der Waals surface area contributed by atoms with Gasteiger partial charge in [-0.2, -0.15) is 0 Å². The highest BCUT2D eigenvalue weighted by molar-refractivity contribution is 5.92. The molecule has 106 valence electrons. The molecule has 0 heterocycles. The van der Waals surface area contributed by atoms with Crippen LogP contribution in [-0.2, 0) is 14.2 Å². The molecule has 0 spiro atoms. The van der Waals surface area contributed by atoms with Crippen LogP contribution < -0.4 is 5.73 Å². The van der Waals surface area contributed by atoms with E-state index in [1.165, 1.54) is 0 Å². The van der Waals surface area contributed by atoms with Crippen molar-refractivity contribution in [1.29, 1.82) is 0 Å². The van der Waals surface area contributed by atoms with E-state index < -0.39 is 0 Å². The van der Waals surface area contributed by atoms with Crippen molar-refractivity contribution in [2.45, 2.75) is 13.8 Å². The quantitative estimate of drug-likeness (QED) is 0.462. The van der Waals surface area contributed by atoms with Crippen LogP contribution in [0.1, 0.15) is 21.5 Å². The van der Waals surface area contributed by atoms with E-state index in [2.05, 4.69) is 0 Å². The Morgan fingerprint density at radius 2 is 1.84 bits per heavy atom. The van der Waals surface area contributed by atoms with Gasteiger partial charge in [0.05, 0.1) is 25.4 Å². The van der Waals surface area contributed by atoms with Crippen molar-refractivity contribution in [3.8, 4) is 0 Å². The number of carbonyl (C=O) groups is 1. The Kier molecular flexibility index (Phi) is 6.32.